The van der Waals surface area contributed by atoms with Gasteiger partial charge in [-0.25, -0.2) is 0 Å². The second kappa shape index (κ2) is 5.44. The monoisotopic (exact) mass is 198 g/mol. The summed E-state index contributed by atoms with van der Waals surface area (Å²) in [7, 11) is 1.53. The number of carbonyl (C=O) groups excluding carboxylic acids is 1. The van der Waals surface area contributed by atoms with E-state index in [0.717, 1.165) is 0 Å². The zero-order chi connectivity index (χ0) is 10.4. The van der Waals surface area contributed by atoms with E-state index in [1.807, 2.05) is 6.08 Å². The van der Waals surface area contributed by atoms with E-state index in [1.54, 1.807) is 6.08 Å². The number of rotatable bonds is 5. The first-order chi connectivity index (χ1) is 6.81. The van der Waals surface area contributed by atoms with Crippen molar-refractivity contribution in [3.8, 4) is 0 Å². The molecule has 4 nitrogen and oxygen atoms in total. The number of aliphatic hydroxyl groups is 1. The minimum Gasteiger partial charge on any atom is -0.493 e. The Morgan fingerprint density at radius 2 is 2.43 bits per heavy atom. The van der Waals surface area contributed by atoms with Crippen LogP contribution in [-0.4, -0.2) is 31.7 Å². The number of hydrogen-bond acceptors (Lipinski definition) is 4. The zero-order valence-electron chi connectivity index (χ0n) is 8.10. The highest BCUT2D eigenvalue weighted by Gasteiger charge is 2.16. The molecule has 0 heterocycles. The van der Waals surface area contributed by atoms with Gasteiger partial charge < -0.3 is 14.6 Å². The van der Waals surface area contributed by atoms with Crippen molar-refractivity contribution < 1.29 is 19.4 Å². The van der Waals surface area contributed by atoms with Crippen LogP contribution < -0.4 is 0 Å². The molecule has 1 rings (SSSR count). The molecule has 0 amide bonds. The van der Waals surface area contributed by atoms with Crippen LogP contribution in [0.2, 0.25) is 0 Å². The summed E-state index contributed by atoms with van der Waals surface area (Å²) in [5, 5.41) is 8.94. The largest absolute Gasteiger partial charge is 0.493 e. The lowest BCUT2D eigenvalue weighted by Gasteiger charge is -2.19. The van der Waals surface area contributed by atoms with Crippen LogP contribution in [-0.2, 0) is 14.3 Å². The van der Waals surface area contributed by atoms with Crippen LogP contribution in [0.1, 0.15) is 6.42 Å². The van der Waals surface area contributed by atoms with Gasteiger partial charge >= 0.3 is 0 Å². The fourth-order valence-electron chi connectivity index (χ4n) is 1.27. The Hall–Kier alpha value is -1.29. The highest BCUT2D eigenvalue weighted by atomic mass is 16.5. The van der Waals surface area contributed by atoms with Crippen molar-refractivity contribution in [3.05, 3.63) is 23.7 Å². The van der Waals surface area contributed by atoms with Gasteiger partial charge in [-0.2, -0.15) is 0 Å². The number of ether oxygens (including phenoxy) is 2. The maximum absolute atomic E-state index is 10.1. The summed E-state index contributed by atoms with van der Waals surface area (Å²) in [5.74, 6) is 1.23. The third-order valence-electron chi connectivity index (χ3n) is 2.00. The first-order valence-corrected chi connectivity index (χ1v) is 4.45. The van der Waals surface area contributed by atoms with Crippen molar-refractivity contribution in [2.24, 2.45) is 5.92 Å². The van der Waals surface area contributed by atoms with Crippen LogP contribution in [0, 0.1) is 5.92 Å². The molecule has 1 aliphatic carbocycles. The van der Waals surface area contributed by atoms with Gasteiger partial charge in [0.1, 0.15) is 6.61 Å². The molecule has 4 heteroatoms. The summed E-state index contributed by atoms with van der Waals surface area (Å²) in [4.78, 5) is 10.1. The molecule has 0 bridgehead atoms. The van der Waals surface area contributed by atoms with Gasteiger partial charge in [-0.15, -0.1) is 0 Å². The second-order valence-corrected chi connectivity index (χ2v) is 2.96. The molecule has 0 saturated carbocycles. The maximum atomic E-state index is 10.1. The van der Waals surface area contributed by atoms with Crippen molar-refractivity contribution in [2.75, 3.05) is 20.3 Å². The predicted molar refractivity (Wildman–Crippen MR) is 50.4 cm³/mol. The Labute approximate surface area is 82.8 Å². The normalized spacial score (nSPS) is 20.9. The van der Waals surface area contributed by atoms with Crippen molar-refractivity contribution >= 4 is 6.29 Å². The number of allylic oxidation sites excluding steroid dienone is 1. The molecule has 1 N–H and O–H groups in total. The molecule has 0 spiro atoms. The molecule has 0 saturated heterocycles. The molecule has 0 aromatic heterocycles. The Bertz CT molecular complexity index is 255. The van der Waals surface area contributed by atoms with E-state index in [4.69, 9.17) is 14.6 Å². The van der Waals surface area contributed by atoms with Crippen LogP contribution in [0.25, 0.3) is 0 Å². The lowest BCUT2D eigenvalue weighted by Crippen LogP contribution is -2.11. The molecule has 78 valence electrons. The van der Waals surface area contributed by atoms with Crippen molar-refractivity contribution in [3.63, 3.8) is 0 Å². The van der Waals surface area contributed by atoms with Gasteiger partial charge in [-0.1, -0.05) is 0 Å². The van der Waals surface area contributed by atoms with Crippen molar-refractivity contribution in [1.29, 1.82) is 0 Å². The summed E-state index contributed by atoms with van der Waals surface area (Å²) < 4.78 is 10.2. The molecular formula is C10H14O4. The maximum Gasteiger partial charge on any atom is 0.157 e. The first-order valence-electron chi connectivity index (χ1n) is 4.45. The van der Waals surface area contributed by atoms with Crippen LogP contribution in [0.4, 0.5) is 0 Å². The lowest BCUT2D eigenvalue weighted by molar-refractivity contribution is -0.110. The van der Waals surface area contributed by atoms with E-state index in [9.17, 15) is 4.79 Å². The van der Waals surface area contributed by atoms with Gasteiger partial charge in [0.2, 0.25) is 0 Å². The van der Waals surface area contributed by atoms with E-state index in [-0.39, 0.29) is 19.1 Å². The minimum absolute atomic E-state index is 0.0241. The number of carbonyl (C=O) groups is 1. The molecular weight excluding hydrogens is 184 g/mol. The van der Waals surface area contributed by atoms with E-state index in [2.05, 4.69) is 0 Å². The molecule has 1 aliphatic rings. The second-order valence-electron chi connectivity index (χ2n) is 2.96. The summed E-state index contributed by atoms with van der Waals surface area (Å²) in [6.45, 7) is 0.112. The molecule has 1 atom stereocenters. The van der Waals surface area contributed by atoms with Gasteiger partial charge in [-0.3, -0.25) is 4.79 Å². The van der Waals surface area contributed by atoms with Crippen molar-refractivity contribution in [2.45, 2.75) is 6.42 Å². The van der Waals surface area contributed by atoms with E-state index in [1.165, 1.54) is 7.11 Å². The summed E-state index contributed by atoms with van der Waals surface area (Å²) in [5.41, 5.74) is 0. The molecule has 0 radical (unpaired) electrons. The smallest absolute Gasteiger partial charge is 0.157 e. The fourth-order valence-corrected chi connectivity index (χ4v) is 1.27. The van der Waals surface area contributed by atoms with Crippen LogP contribution in [0.3, 0.4) is 0 Å². The van der Waals surface area contributed by atoms with Gasteiger partial charge in [0.05, 0.1) is 7.11 Å². The van der Waals surface area contributed by atoms with Crippen LogP contribution >= 0.6 is 0 Å². The Balaban J connectivity index is 2.63. The molecule has 14 heavy (non-hydrogen) atoms. The number of methoxy groups -OCH3 is 1. The van der Waals surface area contributed by atoms with Crippen molar-refractivity contribution in [1.82, 2.24) is 0 Å². The Morgan fingerprint density at radius 1 is 1.64 bits per heavy atom. The average Bonchev–Trinajstić information content (AvgIpc) is 2.26. The van der Waals surface area contributed by atoms with Crippen LogP contribution in [0.15, 0.2) is 23.7 Å². The standard InChI is InChI=1S/C10H14O4/c1-13-10-6-8(7-12)2-3-9(10)14-5-4-11/h3-4,6,8,12H,2,5,7H2,1H3/t8-/m1/s1. The molecule has 0 aliphatic heterocycles. The van der Waals surface area contributed by atoms with Gasteiger partial charge in [-0.05, 0) is 18.6 Å². The Morgan fingerprint density at radius 3 is 3.00 bits per heavy atom. The summed E-state index contributed by atoms with van der Waals surface area (Å²) >= 11 is 0. The number of aldehydes is 1. The SMILES string of the molecule is COC1=C[C@H](CO)CC=C1OCC=O. The molecule has 0 unspecified atom stereocenters. The van der Waals surface area contributed by atoms with Gasteiger partial charge in [0, 0.05) is 12.5 Å². The summed E-state index contributed by atoms with van der Waals surface area (Å²) in [6, 6.07) is 0. The molecule has 0 aromatic carbocycles. The van der Waals surface area contributed by atoms with E-state index >= 15 is 0 Å². The minimum atomic E-state index is 0.0241. The van der Waals surface area contributed by atoms with Gasteiger partial charge in [0.25, 0.3) is 0 Å². The quantitative estimate of drug-likeness (QED) is 0.658. The van der Waals surface area contributed by atoms with Crippen LogP contribution in [0.5, 0.6) is 0 Å². The third kappa shape index (κ3) is 2.60. The Kier molecular flexibility index (Phi) is 4.19. The van der Waals surface area contributed by atoms with E-state index < -0.39 is 0 Å². The highest BCUT2D eigenvalue weighted by molar-refractivity contribution is 5.51. The molecule has 0 aromatic rings. The number of aliphatic hydroxyl groups excluding tert-OH is 1. The fraction of sp³-hybridized carbons (Fsp3) is 0.500. The highest BCUT2D eigenvalue weighted by Crippen LogP contribution is 2.23. The number of hydrogen-bond donors (Lipinski definition) is 1. The predicted octanol–water partition coefficient (Wildman–Crippen LogP) is 0.628. The lowest BCUT2D eigenvalue weighted by atomic mass is 10.00. The van der Waals surface area contributed by atoms with E-state index in [0.29, 0.717) is 24.2 Å². The molecule has 0 fully saturated rings. The summed E-state index contributed by atoms with van der Waals surface area (Å²) in [6.07, 6.45) is 5.02. The first kappa shape index (κ1) is 10.8. The average molecular weight is 198 g/mol. The topological polar surface area (TPSA) is 55.8 Å². The van der Waals surface area contributed by atoms with Gasteiger partial charge in [0.15, 0.2) is 17.8 Å². The zero-order valence-corrected chi connectivity index (χ0v) is 8.10. The third-order valence-corrected chi connectivity index (χ3v) is 2.00.